The Bertz CT molecular complexity index is 604. The number of nitrogens with two attached hydrogens (primary N) is 1. The summed E-state index contributed by atoms with van der Waals surface area (Å²) in [7, 11) is 0. The molecule has 1 aliphatic heterocycles. The highest BCUT2D eigenvalue weighted by Crippen LogP contribution is 2.37. The number of anilines is 1. The van der Waals surface area contributed by atoms with Crippen molar-refractivity contribution in [2.75, 3.05) is 5.32 Å². The number of carbonyl (C=O) groups is 2. The molecule has 0 atom stereocenters. The van der Waals surface area contributed by atoms with Crippen molar-refractivity contribution in [2.45, 2.75) is 64.6 Å². The van der Waals surface area contributed by atoms with Crippen LogP contribution in [0.25, 0.3) is 0 Å². The smallest absolute Gasteiger partial charge is 0.313 e. The lowest BCUT2D eigenvalue weighted by atomic mass is 9.77. The van der Waals surface area contributed by atoms with E-state index >= 15 is 0 Å². The molecule has 0 spiro atoms. The van der Waals surface area contributed by atoms with E-state index < -0.39 is 22.9 Å². The van der Waals surface area contributed by atoms with Crippen LogP contribution in [0.15, 0.2) is 24.3 Å². The number of nitrogens with one attached hydrogen (secondary N) is 1. The van der Waals surface area contributed by atoms with Gasteiger partial charge < -0.3 is 16.0 Å². The zero-order valence-electron chi connectivity index (χ0n) is 14.6. The number of benzene rings is 1. The molecular weight excluding hydrogens is 290 g/mol. The first kappa shape index (κ1) is 17.5. The molecule has 3 N–H and O–H groups in total. The van der Waals surface area contributed by atoms with Crippen LogP contribution in [0.2, 0.25) is 0 Å². The molecule has 23 heavy (non-hydrogen) atoms. The second-order valence-electron chi connectivity index (χ2n) is 7.76. The van der Waals surface area contributed by atoms with E-state index in [0.717, 1.165) is 5.56 Å². The molecule has 0 radical (unpaired) electrons. The molecule has 0 unspecified atom stereocenters. The molecule has 5 heteroatoms. The molecule has 2 amide bonds. The number of hydrogen-bond donors (Lipinski definition) is 2. The maximum Gasteiger partial charge on any atom is 0.313 e. The van der Waals surface area contributed by atoms with Gasteiger partial charge in [-0.2, -0.15) is 0 Å². The first-order valence-corrected chi connectivity index (χ1v) is 8.01. The molecule has 1 aromatic carbocycles. The Morgan fingerprint density at radius 1 is 1.17 bits per heavy atom. The third kappa shape index (κ3) is 3.72. The number of nitrogens with zero attached hydrogens (tertiary/aromatic N) is 1. The average molecular weight is 317 g/mol. The first-order chi connectivity index (χ1) is 10.5. The number of rotatable bonds is 1. The Morgan fingerprint density at radius 2 is 1.74 bits per heavy atom. The van der Waals surface area contributed by atoms with Crippen molar-refractivity contribution in [3.05, 3.63) is 29.8 Å². The number of amides is 2. The van der Waals surface area contributed by atoms with Crippen LogP contribution in [-0.4, -0.2) is 33.8 Å². The van der Waals surface area contributed by atoms with Gasteiger partial charge in [0.25, 0.3) is 0 Å². The minimum atomic E-state index is -0.604. The number of likely N-dealkylation sites (tertiary alicyclic amines) is 1. The molecule has 1 heterocycles. The standard InChI is InChI=1S/C18H27N3O2/c1-12-7-6-8-14(9-12)20-15(22)16(23)21-17(2,3)10-13(19)11-18(21,4)5/h6-9,13H,10-11,19H2,1-5H3,(H,20,22). The highest BCUT2D eigenvalue weighted by Gasteiger charge is 2.48. The second kappa shape index (κ2) is 5.96. The second-order valence-corrected chi connectivity index (χ2v) is 7.76. The van der Waals surface area contributed by atoms with E-state index in [1.807, 2.05) is 52.8 Å². The molecule has 1 fully saturated rings. The number of aryl methyl sites for hydroxylation is 1. The summed E-state index contributed by atoms with van der Waals surface area (Å²) in [4.78, 5) is 26.9. The van der Waals surface area contributed by atoms with Crippen molar-refractivity contribution >= 4 is 17.5 Å². The molecule has 0 aromatic heterocycles. The normalized spacial score (nSPS) is 20.2. The largest absolute Gasteiger partial charge is 0.328 e. The van der Waals surface area contributed by atoms with Crippen molar-refractivity contribution in [1.29, 1.82) is 0 Å². The van der Waals surface area contributed by atoms with Crippen molar-refractivity contribution in [3.8, 4) is 0 Å². The predicted octanol–water partition coefficient (Wildman–Crippen LogP) is 2.44. The molecule has 5 nitrogen and oxygen atoms in total. The van der Waals surface area contributed by atoms with Crippen LogP contribution in [0.4, 0.5) is 5.69 Å². The van der Waals surface area contributed by atoms with E-state index in [-0.39, 0.29) is 6.04 Å². The summed E-state index contributed by atoms with van der Waals surface area (Å²) in [5, 5.41) is 2.71. The van der Waals surface area contributed by atoms with E-state index in [9.17, 15) is 9.59 Å². The molecular formula is C18H27N3O2. The van der Waals surface area contributed by atoms with E-state index in [1.165, 1.54) is 0 Å². The van der Waals surface area contributed by atoms with Gasteiger partial charge in [-0.3, -0.25) is 9.59 Å². The summed E-state index contributed by atoms with van der Waals surface area (Å²) < 4.78 is 0. The summed E-state index contributed by atoms with van der Waals surface area (Å²) in [6, 6.07) is 7.44. The summed E-state index contributed by atoms with van der Waals surface area (Å²) in [6.07, 6.45) is 1.36. The minimum Gasteiger partial charge on any atom is -0.328 e. The van der Waals surface area contributed by atoms with Gasteiger partial charge in [0, 0.05) is 22.8 Å². The van der Waals surface area contributed by atoms with Crippen molar-refractivity contribution in [1.82, 2.24) is 4.90 Å². The lowest BCUT2D eigenvalue weighted by Crippen LogP contribution is -2.66. The zero-order chi connectivity index (χ0) is 17.4. The molecule has 126 valence electrons. The van der Waals surface area contributed by atoms with E-state index in [0.29, 0.717) is 18.5 Å². The average Bonchev–Trinajstić information content (AvgIpc) is 2.34. The van der Waals surface area contributed by atoms with Crippen LogP contribution in [0, 0.1) is 6.92 Å². The summed E-state index contributed by atoms with van der Waals surface area (Å²) in [5.41, 5.74) is 6.87. The van der Waals surface area contributed by atoms with Gasteiger partial charge in [-0.05, 0) is 65.2 Å². The Morgan fingerprint density at radius 3 is 2.26 bits per heavy atom. The zero-order valence-corrected chi connectivity index (χ0v) is 14.6. The number of piperidine rings is 1. The Kier molecular flexibility index (Phi) is 4.53. The monoisotopic (exact) mass is 317 g/mol. The number of carbonyl (C=O) groups excluding carboxylic acids is 2. The van der Waals surface area contributed by atoms with Crippen LogP contribution >= 0.6 is 0 Å². The van der Waals surface area contributed by atoms with E-state index in [2.05, 4.69) is 5.32 Å². The van der Waals surface area contributed by atoms with Crippen molar-refractivity contribution in [2.24, 2.45) is 5.73 Å². The Labute approximate surface area is 138 Å². The Balaban J connectivity index is 2.22. The van der Waals surface area contributed by atoms with E-state index in [1.54, 1.807) is 11.0 Å². The SMILES string of the molecule is Cc1cccc(NC(=O)C(=O)N2C(C)(C)CC(N)CC2(C)C)c1. The van der Waals surface area contributed by atoms with Crippen LogP contribution in [0.1, 0.15) is 46.1 Å². The minimum absolute atomic E-state index is 0.0314. The predicted molar refractivity (Wildman–Crippen MR) is 92.0 cm³/mol. The maximum absolute atomic E-state index is 12.8. The van der Waals surface area contributed by atoms with Gasteiger partial charge >= 0.3 is 11.8 Å². The lowest BCUT2D eigenvalue weighted by molar-refractivity contribution is -0.156. The number of hydrogen-bond acceptors (Lipinski definition) is 3. The molecule has 1 saturated heterocycles. The van der Waals surface area contributed by atoms with Crippen LogP contribution < -0.4 is 11.1 Å². The van der Waals surface area contributed by atoms with Gasteiger partial charge in [-0.15, -0.1) is 0 Å². The van der Waals surface area contributed by atoms with Gasteiger partial charge in [0.05, 0.1) is 0 Å². The highest BCUT2D eigenvalue weighted by atomic mass is 16.2. The summed E-state index contributed by atoms with van der Waals surface area (Å²) >= 11 is 0. The molecule has 0 bridgehead atoms. The highest BCUT2D eigenvalue weighted by molar-refractivity contribution is 6.39. The van der Waals surface area contributed by atoms with Gasteiger partial charge in [0.1, 0.15) is 0 Å². The summed E-state index contributed by atoms with van der Waals surface area (Å²) in [5.74, 6) is -1.11. The van der Waals surface area contributed by atoms with Gasteiger partial charge in [0.2, 0.25) is 0 Å². The van der Waals surface area contributed by atoms with Crippen LogP contribution in [0.5, 0.6) is 0 Å². The topological polar surface area (TPSA) is 75.4 Å². The Hall–Kier alpha value is -1.88. The molecule has 2 rings (SSSR count). The van der Waals surface area contributed by atoms with Gasteiger partial charge in [-0.1, -0.05) is 12.1 Å². The van der Waals surface area contributed by atoms with Crippen molar-refractivity contribution < 1.29 is 9.59 Å². The molecule has 1 aromatic rings. The molecule has 0 saturated carbocycles. The van der Waals surface area contributed by atoms with Crippen LogP contribution in [0.3, 0.4) is 0 Å². The molecule has 0 aliphatic carbocycles. The molecule has 1 aliphatic rings. The van der Waals surface area contributed by atoms with Crippen LogP contribution in [-0.2, 0) is 9.59 Å². The fourth-order valence-electron chi connectivity index (χ4n) is 3.92. The van der Waals surface area contributed by atoms with Gasteiger partial charge in [-0.25, -0.2) is 0 Å². The first-order valence-electron chi connectivity index (χ1n) is 8.01. The maximum atomic E-state index is 12.8. The van der Waals surface area contributed by atoms with Gasteiger partial charge in [0.15, 0.2) is 0 Å². The van der Waals surface area contributed by atoms with E-state index in [4.69, 9.17) is 5.73 Å². The fourth-order valence-corrected chi connectivity index (χ4v) is 3.92. The third-order valence-corrected chi connectivity index (χ3v) is 4.41. The summed E-state index contributed by atoms with van der Waals surface area (Å²) in [6.45, 7) is 9.80. The quantitative estimate of drug-likeness (QED) is 0.781. The fraction of sp³-hybridized carbons (Fsp3) is 0.556. The van der Waals surface area contributed by atoms with Crippen molar-refractivity contribution in [3.63, 3.8) is 0 Å². The third-order valence-electron chi connectivity index (χ3n) is 4.41. The lowest BCUT2D eigenvalue weighted by Gasteiger charge is -2.54.